The third-order valence-electron chi connectivity index (χ3n) is 3.08. The van der Waals surface area contributed by atoms with Gasteiger partial charge in [0.05, 0.1) is 0 Å². The lowest BCUT2D eigenvalue weighted by Crippen LogP contribution is -2.38. The number of allylic oxidation sites excluding steroid dienone is 2. The molecule has 1 unspecified atom stereocenters. The van der Waals surface area contributed by atoms with Gasteiger partial charge in [-0.15, -0.1) is 0 Å². The molecule has 1 atom stereocenters. The van der Waals surface area contributed by atoms with Gasteiger partial charge >= 0.3 is 0 Å². The molecule has 0 aromatic carbocycles. The van der Waals surface area contributed by atoms with E-state index in [4.69, 9.17) is 0 Å². The van der Waals surface area contributed by atoms with E-state index in [0.29, 0.717) is 6.04 Å². The van der Waals surface area contributed by atoms with Crippen molar-refractivity contribution in [1.29, 1.82) is 0 Å². The van der Waals surface area contributed by atoms with Gasteiger partial charge in [-0.25, -0.2) is 0 Å². The second-order valence-corrected chi connectivity index (χ2v) is 5.58. The molecule has 3 nitrogen and oxygen atoms in total. The number of amides is 1. The fourth-order valence-electron chi connectivity index (χ4n) is 2.01. The molecule has 0 spiro atoms. The Hall–Kier alpha value is -0.830. The number of carbonyl (C=O) groups is 1. The van der Waals surface area contributed by atoms with Gasteiger partial charge in [-0.1, -0.05) is 11.6 Å². The number of nitrogens with zero attached hydrogens (tertiary/aromatic N) is 2. The van der Waals surface area contributed by atoms with Crippen molar-refractivity contribution in [3.8, 4) is 0 Å². The molecule has 0 aliphatic rings. The summed E-state index contributed by atoms with van der Waals surface area (Å²) in [6.45, 7) is 9.95. The predicted molar refractivity (Wildman–Crippen MR) is 78.7 cm³/mol. The van der Waals surface area contributed by atoms with E-state index in [0.717, 1.165) is 32.4 Å². The van der Waals surface area contributed by atoms with Crippen molar-refractivity contribution in [3.63, 3.8) is 0 Å². The van der Waals surface area contributed by atoms with Crippen LogP contribution in [0.2, 0.25) is 0 Å². The molecule has 0 aliphatic heterocycles. The van der Waals surface area contributed by atoms with Crippen molar-refractivity contribution in [3.05, 3.63) is 11.6 Å². The van der Waals surface area contributed by atoms with Crippen LogP contribution < -0.4 is 0 Å². The molecule has 1 amide bonds. The Morgan fingerprint density at radius 3 is 2.22 bits per heavy atom. The highest BCUT2D eigenvalue weighted by Gasteiger charge is 2.15. The Labute approximate surface area is 113 Å². The lowest BCUT2D eigenvalue weighted by molar-refractivity contribution is -0.131. The number of hydrogen-bond donors (Lipinski definition) is 0. The van der Waals surface area contributed by atoms with Crippen LogP contribution in [0, 0.1) is 0 Å². The van der Waals surface area contributed by atoms with Crippen molar-refractivity contribution in [2.45, 2.75) is 53.0 Å². The highest BCUT2D eigenvalue weighted by Crippen LogP contribution is 2.09. The smallest absolute Gasteiger partial charge is 0.219 e. The Balaban J connectivity index is 4.15. The van der Waals surface area contributed by atoms with Gasteiger partial charge in [0.2, 0.25) is 5.91 Å². The summed E-state index contributed by atoms with van der Waals surface area (Å²) in [5.74, 6) is 0.193. The van der Waals surface area contributed by atoms with Gasteiger partial charge in [-0.2, -0.15) is 0 Å². The molecule has 0 heterocycles. The molecule has 0 N–H and O–H groups in total. The van der Waals surface area contributed by atoms with Crippen LogP contribution in [0.4, 0.5) is 0 Å². The molecule has 3 heteroatoms. The van der Waals surface area contributed by atoms with E-state index in [9.17, 15) is 4.79 Å². The van der Waals surface area contributed by atoms with Crippen LogP contribution >= 0.6 is 0 Å². The van der Waals surface area contributed by atoms with E-state index in [1.54, 1.807) is 6.92 Å². The third-order valence-corrected chi connectivity index (χ3v) is 3.08. The maximum Gasteiger partial charge on any atom is 0.219 e. The summed E-state index contributed by atoms with van der Waals surface area (Å²) >= 11 is 0. The van der Waals surface area contributed by atoms with Crippen LogP contribution in [0.25, 0.3) is 0 Å². The first kappa shape index (κ1) is 17.2. The summed E-state index contributed by atoms with van der Waals surface area (Å²) in [6, 6.07) is 0.334. The summed E-state index contributed by atoms with van der Waals surface area (Å²) in [7, 11) is 4.13. The molecular weight excluding hydrogens is 224 g/mol. The van der Waals surface area contributed by atoms with Gasteiger partial charge in [0.1, 0.15) is 0 Å². The van der Waals surface area contributed by atoms with Crippen LogP contribution in [-0.4, -0.2) is 48.9 Å². The topological polar surface area (TPSA) is 23.6 Å². The quantitative estimate of drug-likeness (QED) is 0.622. The standard InChI is InChI=1S/C15H30N2O/c1-13(2)9-7-10-14(3)17(15(4)18)12-8-11-16(5)6/h9,14H,7-8,10-12H2,1-6H3. The molecule has 0 aromatic heterocycles. The third kappa shape index (κ3) is 8.29. The van der Waals surface area contributed by atoms with Crippen LogP contribution in [0.1, 0.15) is 47.0 Å². The molecule has 0 rings (SSSR count). The Kier molecular flexibility index (Phi) is 8.73. The first-order chi connectivity index (χ1) is 8.34. The zero-order valence-electron chi connectivity index (χ0n) is 13.0. The fourth-order valence-corrected chi connectivity index (χ4v) is 2.01. The minimum Gasteiger partial charge on any atom is -0.340 e. The van der Waals surface area contributed by atoms with E-state index < -0.39 is 0 Å². The van der Waals surface area contributed by atoms with Gasteiger partial charge < -0.3 is 9.80 Å². The summed E-state index contributed by atoms with van der Waals surface area (Å²) < 4.78 is 0. The average Bonchev–Trinajstić information content (AvgIpc) is 2.22. The Morgan fingerprint density at radius 1 is 1.17 bits per heavy atom. The Bertz CT molecular complexity index is 268. The van der Waals surface area contributed by atoms with Crippen molar-refractivity contribution in [2.75, 3.05) is 27.2 Å². The lowest BCUT2D eigenvalue weighted by atomic mass is 10.1. The molecule has 0 bridgehead atoms. The highest BCUT2D eigenvalue weighted by atomic mass is 16.2. The van der Waals surface area contributed by atoms with Gasteiger partial charge in [0.15, 0.2) is 0 Å². The minimum atomic E-state index is 0.193. The summed E-state index contributed by atoms with van der Waals surface area (Å²) in [6.07, 6.45) is 5.39. The normalized spacial score (nSPS) is 12.4. The molecule has 0 radical (unpaired) electrons. The van der Waals surface area contributed by atoms with E-state index in [-0.39, 0.29) is 5.91 Å². The van der Waals surface area contributed by atoms with E-state index in [1.165, 1.54) is 5.57 Å². The molecule has 0 aromatic rings. The minimum absolute atomic E-state index is 0.193. The van der Waals surface area contributed by atoms with Crippen molar-refractivity contribution in [2.24, 2.45) is 0 Å². The second-order valence-electron chi connectivity index (χ2n) is 5.58. The monoisotopic (exact) mass is 254 g/mol. The van der Waals surface area contributed by atoms with Gasteiger partial charge in [-0.3, -0.25) is 4.79 Å². The average molecular weight is 254 g/mol. The zero-order chi connectivity index (χ0) is 14.1. The second kappa shape index (κ2) is 9.15. The SMILES string of the molecule is CC(=O)N(CCCN(C)C)C(C)CCC=C(C)C. The first-order valence-corrected chi connectivity index (χ1v) is 6.90. The molecular formula is C15H30N2O. The lowest BCUT2D eigenvalue weighted by Gasteiger charge is -2.28. The summed E-state index contributed by atoms with van der Waals surface area (Å²) in [5.41, 5.74) is 1.35. The Morgan fingerprint density at radius 2 is 1.78 bits per heavy atom. The molecule has 0 saturated carbocycles. The maximum absolute atomic E-state index is 11.7. The number of rotatable bonds is 8. The molecule has 106 valence electrons. The van der Waals surface area contributed by atoms with Gasteiger partial charge in [0.25, 0.3) is 0 Å². The van der Waals surface area contributed by atoms with Crippen LogP contribution in [-0.2, 0) is 4.79 Å². The van der Waals surface area contributed by atoms with Crippen molar-refractivity contribution < 1.29 is 4.79 Å². The van der Waals surface area contributed by atoms with Crippen LogP contribution in [0.15, 0.2) is 11.6 Å². The predicted octanol–water partition coefficient (Wildman–Crippen LogP) is 2.92. The molecule has 0 fully saturated rings. The largest absolute Gasteiger partial charge is 0.340 e. The van der Waals surface area contributed by atoms with E-state index >= 15 is 0 Å². The summed E-state index contributed by atoms with van der Waals surface area (Å²) in [4.78, 5) is 15.8. The summed E-state index contributed by atoms with van der Waals surface area (Å²) in [5, 5.41) is 0. The van der Waals surface area contributed by atoms with Gasteiger partial charge in [0, 0.05) is 19.5 Å². The molecule has 0 saturated heterocycles. The van der Waals surface area contributed by atoms with Crippen molar-refractivity contribution in [1.82, 2.24) is 9.80 Å². The zero-order valence-corrected chi connectivity index (χ0v) is 13.0. The fraction of sp³-hybridized carbons (Fsp3) is 0.800. The van der Waals surface area contributed by atoms with Crippen LogP contribution in [0.5, 0.6) is 0 Å². The number of carbonyl (C=O) groups excluding carboxylic acids is 1. The van der Waals surface area contributed by atoms with Gasteiger partial charge in [-0.05, 0) is 60.7 Å². The molecule has 18 heavy (non-hydrogen) atoms. The first-order valence-electron chi connectivity index (χ1n) is 6.90. The molecule has 0 aliphatic carbocycles. The van der Waals surface area contributed by atoms with E-state index in [1.807, 2.05) is 4.90 Å². The highest BCUT2D eigenvalue weighted by molar-refractivity contribution is 5.73. The van der Waals surface area contributed by atoms with Crippen molar-refractivity contribution >= 4 is 5.91 Å². The van der Waals surface area contributed by atoms with Crippen LogP contribution in [0.3, 0.4) is 0 Å². The van der Waals surface area contributed by atoms with E-state index in [2.05, 4.69) is 45.8 Å². The number of hydrogen-bond acceptors (Lipinski definition) is 2. The maximum atomic E-state index is 11.7.